The summed E-state index contributed by atoms with van der Waals surface area (Å²) in [7, 11) is 3.65. The summed E-state index contributed by atoms with van der Waals surface area (Å²) < 4.78 is 6.33. The van der Waals surface area contributed by atoms with Crippen LogP contribution in [0.4, 0.5) is 11.4 Å². The molecular weight excluding hydrogens is 304 g/mol. The number of nitrogen functional groups attached to an aromatic ring is 1. The number of methoxy groups -OCH3 is 1. The predicted molar refractivity (Wildman–Crippen MR) is 83.7 cm³/mol. The van der Waals surface area contributed by atoms with Gasteiger partial charge in [0.05, 0.1) is 18.5 Å². The molecule has 2 N–H and O–H groups in total. The van der Waals surface area contributed by atoms with Crippen LogP contribution < -0.4 is 15.4 Å². The van der Waals surface area contributed by atoms with Crippen molar-refractivity contribution in [2.45, 2.75) is 6.54 Å². The standard InChI is InChI=1S/C15H17BrN2O/c1-18(10-11-5-3-6-12(16)9-11)13-7-4-8-14(19-2)15(13)17/h3-9H,10,17H2,1-2H3. The largest absolute Gasteiger partial charge is 0.495 e. The maximum absolute atomic E-state index is 6.10. The molecule has 0 saturated heterocycles. The monoisotopic (exact) mass is 320 g/mol. The van der Waals surface area contributed by atoms with E-state index in [1.165, 1.54) is 5.56 Å². The Hall–Kier alpha value is -1.68. The minimum absolute atomic E-state index is 0.669. The zero-order chi connectivity index (χ0) is 13.8. The van der Waals surface area contributed by atoms with Gasteiger partial charge in [0, 0.05) is 18.1 Å². The lowest BCUT2D eigenvalue weighted by atomic mass is 10.2. The predicted octanol–water partition coefficient (Wildman–Crippen LogP) is 3.68. The van der Waals surface area contributed by atoms with Gasteiger partial charge in [-0.1, -0.05) is 34.1 Å². The molecule has 3 nitrogen and oxygen atoms in total. The van der Waals surface area contributed by atoms with Gasteiger partial charge in [0.15, 0.2) is 0 Å². The van der Waals surface area contributed by atoms with Gasteiger partial charge in [-0.05, 0) is 29.8 Å². The molecule has 2 rings (SSSR count). The van der Waals surface area contributed by atoms with Crippen molar-refractivity contribution in [1.29, 1.82) is 0 Å². The van der Waals surface area contributed by atoms with Gasteiger partial charge >= 0.3 is 0 Å². The number of halogens is 1. The molecule has 0 saturated carbocycles. The molecular formula is C15H17BrN2O. The second-order valence-corrected chi connectivity index (χ2v) is 5.29. The van der Waals surface area contributed by atoms with Gasteiger partial charge in [-0.2, -0.15) is 0 Å². The van der Waals surface area contributed by atoms with Crippen LogP contribution in [0.2, 0.25) is 0 Å². The number of nitrogens with zero attached hydrogens (tertiary/aromatic N) is 1. The smallest absolute Gasteiger partial charge is 0.143 e. The quantitative estimate of drug-likeness (QED) is 0.873. The van der Waals surface area contributed by atoms with E-state index in [4.69, 9.17) is 10.5 Å². The summed E-state index contributed by atoms with van der Waals surface area (Å²) in [6.45, 7) is 0.788. The van der Waals surface area contributed by atoms with Crippen LogP contribution in [0.25, 0.3) is 0 Å². The maximum Gasteiger partial charge on any atom is 0.143 e. The van der Waals surface area contributed by atoms with E-state index in [9.17, 15) is 0 Å². The molecule has 0 amide bonds. The molecule has 0 fully saturated rings. The Kier molecular flexibility index (Phi) is 4.32. The highest BCUT2D eigenvalue weighted by Gasteiger charge is 2.09. The summed E-state index contributed by atoms with van der Waals surface area (Å²) in [5, 5.41) is 0. The molecule has 0 aliphatic rings. The molecule has 100 valence electrons. The Morgan fingerprint density at radius 2 is 1.95 bits per heavy atom. The Morgan fingerprint density at radius 1 is 1.21 bits per heavy atom. The fourth-order valence-corrected chi connectivity index (χ4v) is 2.48. The van der Waals surface area contributed by atoms with Crippen LogP contribution in [-0.4, -0.2) is 14.2 Å². The van der Waals surface area contributed by atoms with Crippen molar-refractivity contribution in [3.05, 3.63) is 52.5 Å². The number of nitrogens with two attached hydrogens (primary N) is 1. The lowest BCUT2D eigenvalue weighted by Gasteiger charge is -2.22. The average Bonchev–Trinajstić information content (AvgIpc) is 2.39. The van der Waals surface area contributed by atoms with Crippen molar-refractivity contribution < 1.29 is 4.74 Å². The molecule has 0 unspecified atom stereocenters. The van der Waals surface area contributed by atoms with Crippen molar-refractivity contribution in [2.24, 2.45) is 0 Å². The SMILES string of the molecule is COc1cccc(N(C)Cc2cccc(Br)c2)c1N. The van der Waals surface area contributed by atoms with Crippen molar-refractivity contribution in [3.8, 4) is 5.75 Å². The summed E-state index contributed by atoms with van der Waals surface area (Å²) in [4.78, 5) is 2.11. The second-order valence-electron chi connectivity index (χ2n) is 4.38. The van der Waals surface area contributed by atoms with Crippen LogP contribution in [-0.2, 0) is 6.54 Å². The molecule has 0 radical (unpaired) electrons. The average molecular weight is 321 g/mol. The molecule has 4 heteroatoms. The summed E-state index contributed by atoms with van der Waals surface area (Å²) in [6, 6.07) is 14.1. The number of benzene rings is 2. The highest BCUT2D eigenvalue weighted by Crippen LogP contribution is 2.32. The number of rotatable bonds is 4. The van der Waals surface area contributed by atoms with Gasteiger partial charge in [0.1, 0.15) is 5.75 Å². The zero-order valence-corrected chi connectivity index (χ0v) is 12.6. The Balaban J connectivity index is 2.23. The maximum atomic E-state index is 6.10. The third kappa shape index (κ3) is 3.20. The van der Waals surface area contributed by atoms with E-state index in [0.29, 0.717) is 11.4 Å². The first-order chi connectivity index (χ1) is 9.11. The van der Waals surface area contributed by atoms with Crippen molar-refractivity contribution in [3.63, 3.8) is 0 Å². The molecule has 0 atom stereocenters. The van der Waals surface area contributed by atoms with Crippen molar-refractivity contribution >= 4 is 27.3 Å². The van der Waals surface area contributed by atoms with Gasteiger partial charge in [-0.25, -0.2) is 0 Å². The van der Waals surface area contributed by atoms with Crippen LogP contribution in [0.1, 0.15) is 5.56 Å². The van der Waals surface area contributed by atoms with Gasteiger partial charge < -0.3 is 15.4 Å². The van der Waals surface area contributed by atoms with Gasteiger partial charge in [-0.3, -0.25) is 0 Å². The van der Waals surface area contributed by atoms with E-state index >= 15 is 0 Å². The normalized spacial score (nSPS) is 10.3. The summed E-state index contributed by atoms with van der Waals surface area (Å²) in [5.41, 5.74) is 8.96. The molecule has 19 heavy (non-hydrogen) atoms. The molecule has 0 heterocycles. The van der Waals surface area contributed by atoms with Crippen LogP contribution >= 0.6 is 15.9 Å². The molecule has 0 aromatic heterocycles. The second kappa shape index (κ2) is 5.97. The minimum atomic E-state index is 0.669. The zero-order valence-electron chi connectivity index (χ0n) is 11.1. The number of hydrogen-bond acceptors (Lipinski definition) is 3. The molecule has 0 bridgehead atoms. The van der Waals surface area contributed by atoms with Gasteiger partial charge in [-0.15, -0.1) is 0 Å². The van der Waals surface area contributed by atoms with E-state index in [1.54, 1.807) is 7.11 Å². The Labute approximate surface area is 122 Å². The number of para-hydroxylation sites is 1. The molecule has 2 aromatic rings. The van der Waals surface area contributed by atoms with E-state index < -0.39 is 0 Å². The van der Waals surface area contributed by atoms with E-state index in [-0.39, 0.29) is 0 Å². The molecule has 0 spiro atoms. The molecule has 0 aliphatic carbocycles. The van der Waals surface area contributed by atoms with Crippen LogP contribution in [0.5, 0.6) is 5.75 Å². The number of ether oxygens (including phenoxy) is 1. The first-order valence-electron chi connectivity index (χ1n) is 6.00. The van der Waals surface area contributed by atoms with Gasteiger partial charge in [0.2, 0.25) is 0 Å². The van der Waals surface area contributed by atoms with Crippen LogP contribution in [0, 0.1) is 0 Å². The number of anilines is 2. The highest BCUT2D eigenvalue weighted by atomic mass is 79.9. The number of hydrogen-bond donors (Lipinski definition) is 1. The Bertz CT molecular complexity index is 572. The molecule has 0 aliphatic heterocycles. The fourth-order valence-electron chi connectivity index (χ4n) is 2.04. The Morgan fingerprint density at radius 3 is 2.63 bits per heavy atom. The van der Waals surface area contributed by atoms with Crippen molar-refractivity contribution in [2.75, 3.05) is 24.8 Å². The third-order valence-corrected chi connectivity index (χ3v) is 3.48. The van der Waals surface area contributed by atoms with Crippen LogP contribution in [0.3, 0.4) is 0 Å². The summed E-state index contributed by atoms with van der Waals surface area (Å²) in [6.07, 6.45) is 0. The highest BCUT2D eigenvalue weighted by molar-refractivity contribution is 9.10. The van der Waals surface area contributed by atoms with E-state index in [1.807, 2.05) is 37.4 Å². The van der Waals surface area contributed by atoms with Crippen molar-refractivity contribution in [1.82, 2.24) is 0 Å². The lowest BCUT2D eigenvalue weighted by Crippen LogP contribution is -2.18. The first-order valence-corrected chi connectivity index (χ1v) is 6.79. The third-order valence-electron chi connectivity index (χ3n) is 2.98. The summed E-state index contributed by atoms with van der Waals surface area (Å²) >= 11 is 3.48. The van der Waals surface area contributed by atoms with Crippen LogP contribution in [0.15, 0.2) is 46.9 Å². The fraction of sp³-hybridized carbons (Fsp3) is 0.200. The summed E-state index contributed by atoms with van der Waals surface area (Å²) in [5.74, 6) is 0.707. The molecule has 2 aromatic carbocycles. The van der Waals surface area contributed by atoms with E-state index in [0.717, 1.165) is 16.7 Å². The topological polar surface area (TPSA) is 38.5 Å². The lowest BCUT2D eigenvalue weighted by molar-refractivity contribution is 0.417. The van der Waals surface area contributed by atoms with Gasteiger partial charge in [0.25, 0.3) is 0 Å². The first kappa shape index (κ1) is 13.7. The van der Waals surface area contributed by atoms with E-state index in [2.05, 4.69) is 33.0 Å². The minimum Gasteiger partial charge on any atom is -0.495 e.